The van der Waals surface area contributed by atoms with E-state index in [1.807, 2.05) is 0 Å². The van der Waals surface area contributed by atoms with Crippen LogP contribution in [0.3, 0.4) is 0 Å². The fraction of sp³-hybridized carbons (Fsp3) is 0.429. The molecule has 9 nitrogen and oxygen atoms in total. The van der Waals surface area contributed by atoms with E-state index < -0.39 is 21.5 Å². The Morgan fingerprint density at radius 1 is 1.04 bits per heavy atom. The summed E-state index contributed by atoms with van der Waals surface area (Å²) in [7, 11) is -2.97. The number of anilines is 1. The normalized spacial score (nSPS) is 23.2. The van der Waals surface area contributed by atoms with E-state index in [4.69, 9.17) is 16.1 Å². The molecule has 4 fully saturated rings. The summed E-state index contributed by atoms with van der Waals surface area (Å²) in [6.07, 6.45) is 9.70. The van der Waals surface area contributed by atoms with E-state index in [0.29, 0.717) is 53.8 Å². The second-order valence-corrected chi connectivity index (χ2v) is 15.9. The third-order valence-electron chi connectivity index (χ3n) is 10.2. The van der Waals surface area contributed by atoms with Gasteiger partial charge in [0, 0.05) is 66.6 Å². The van der Waals surface area contributed by atoms with Gasteiger partial charge >= 0.3 is 6.01 Å². The molecule has 2 atom stereocenters. The minimum atomic E-state index is -2.97. The molecule has 4 heterocycles. The highest BCUT2D eigenvalue weighted by atomic mass is 32.2. The van der Waals surface area contributed by atoms with E-state index in [-0.39, 0.29) is 50.9 Å². The molecule has 4 aliphatic rings. The zero-order chi connectivity index (χ0) is 32.5. The maximum Gasteiger partial charge on any atom is 0.319 e. The molecule has 3 aliphatic heterocycles. The zero-order valence-electron chi connectivity index (χ0n) is 25.8. The lowest BCUT2D eigenvalue weighted by Crippen LogP contribution is -2.51. The number of nitrogens with one attached hydrogen (secondary N) is 1. The average Bonchev–Trinajstić information content (AvgIpc) is 3.74. The molecule has 47 heavy (non-hydrogen) atoms. The Labute approximate surface area is 271 Å². The molecule has 0 spiro atoms. The number of aromatic nitrogens is 2. The van der Waals surface area contributed by atoms with Crippen LogP contribution in [0.1, 0.15) is 31.2 Å². The van der Waals surface area contributed by atoms with Crippen LogP contribution in [0, 0.1) is 29.4 Å². The summed E-state index contributed by atoms with van der Waals surface area (Å²) in [5.41, 5.74) is 0.298. The lowest BCUT2D eigenvalue weighted by Gasteiger charge is -2.34. The van der Waals surface area contributed by atoms with Crippen molar-refractivity contribution in [3.63, 3.8) is 0 Å². The van der Waals surface area contributed by atoms with E-state index >= 15 is 4.39 Å². The first-order valence-electron chi connectivity index (χ1n) is 16.1. The van der Waals surface area contributed by atoms with Crippen LogP contribution in [-0.4, -0.2) is 91.3 Å². The van der Waals surface area contributed by atoms with Crippen LogP contribution in [0.5, 0.6) is 11.8 Å². The SMILES string of the molecule is C#Cc1c(F)ccc2cc(O)cc(-c3ccc4c(N5CC6CCC(C5)N6)nc(OCC5(CN6CCS(=O)(=O)CC6)CC5)nc4c3F)c12. The zero-order valence-corrected chi connectivity index (χ0v) is 26.6. The smallest absolute Gasteiger partial charge is 0.319 e. The predicted molar refractivity (Wildman–Crippen MR) is 176 cm³/mol. The minimum Gasteiger partial charge on any atom is -0.508 e. The van der Waals surface area contributed by atoms with Crippen LogP contribution < -0.4 is 15.0 Å². The van der Waals surface area contributed by atoms with Crippen molar-refractivity contribution in [3.8, 4) is 35.2 Å². The Balaban J connectivity index is 1.19. The number of phenolic OH excluding ortho intramolecular Hbond substituents is 1. The topological polar surface area (TPSA) is 108 Å². The van der Waals surface area contributed by atoms with E-state index in [2.05, 4.69) is 26.0 Å². The number of aromatic hydroxyl groups is 1. The molecule has 2 bridgehead atoms. The molecule has 1 aliphatic carbocycles. The molecule has 3 saturated heterocycles. The van der Waals surface area contributed by atoms with Crippen LogP contribution in [0.2, 0.25) is 0 Å². The number of terminal acetylenes is 1. The monoisotopic (exact) mass is 659 g/mol. The van der Waals surface area contributed by atoms with E-state index in [1.165, 1.54) is 24.3 Å². The average molecular weight is 660 g/mol. The molecular formula is C35H35F2N5O4S. The Hall–Kier alpha value is -4.05. The first-order valence-corrected chi connectivity index (χ1v) is 17.9. The number of hydrogen-bond donors (Lipinski definition) is 2. The molecule has 1 aromatic heterocycles. The summed E-state index contributed by atoms with van der Waals surface area (Å²) < 4.78 is 61.8. The van der Waals surface area contributed by atoms with Gasteiger partial charge in [-0.05, 0) is 60.9 Å². The summed E-state index contributed by atoms with van der Waals surface area (Å²) in [5, 5.41) is 15.5. The third kappa shape index (κ3) is 5.64. The second-order valence-electron chi connectivity index (χ2n) is 13.6. The van der Waals surface area contributed by atoms with Gasteiger partial charge < -0.3 is 25.0 Å². The fourth-order valence-corrected chi connectivity index (χ4v) is 8.79. The molecule has 12 heteroatoms. The van der Waals surface area contributed by atoms with Gasteiger partial charge in [-0.15, -0.1) is 6.42 Å². The molecule has 1 saturated carbocycles. The van der Waals surface area contributed by atoms with Gasteiger partial charge in [0.25, 0.3) is 0 Å². The first kappa shape index (κ1) is 30.3. The number of piperazine rings is 1. The minimum absolute atomic E-state index is 0.0123. The first-order chi connectivity index (χ1) is 22.6. The van der Waals surface area contributed by atoms with Gasteiger partial charge in [-0.3, -0.25) is 0 Å². The second kappa shape index (κ2) is 11.3. The van der Waals surface area contributed by atoms with Crippen molar-refractivity contribution in [1.29, 1.82) is 0 Å². The van der Waals surface area contributed by atoms with Crippen molar-refractivity contribution in [1.82, 2.24) is 20.2 Å². The highest BCUT2D eigenvalue weighted by Crippen LogP contribution is 2.47. The summed E-state index contributed by atoms with van der Waals surface area (Å²) in [6.45, 7) is 3.51. The van der Waals surface area contributed by atoms with Crippen molar-refractivity contribution < 1.29 is 27.0 Å². The Morgan fingerprint density at radius 3 is 2.49 bits per heavy atom. The van der Waals surface area contributed by atoms with Gasteiger partial charge in [-0.25, -0.2) is 17.2 Å². The molecular weight excluding hydrogens is 624 g/mol. The van der Waals surface area contributed by atoms with Crippen molar-refractivity contribution in [2.75, 3.05) is 55.7 Å². The van der Waals surface area contributed by atoms with E-state index in [1.54, 1.807) is 12.1 Å². The van der Waals surface area contributed by atoms with Gasteiger partial charge in [0.05, 0.1) is 23.7 Å². The summed E-state index contributed by atoms with van der Waals surface area (Å²) in [6, 6.07) is 9.68. The molecule has 3 aromatic carbocycles. The molecule has 2 N–H and O–H groups in total. The quantitative estimate of drug-likeness (QED) is 0.282. The molecule has 244 valence electrons. The number of phenols is 1. The number of hydrogen-bond acceptors (Lipinski definition) is 9. The van der Waals surface area contributed by atoms with E-state index in [9.17, 15) is 17.9 Å². The largest absolute Gasteiger partial charge is 0.508 e. The highest BCUT2D eigenvalue weighted by molar-refractivity contribution is 7.91. The number of fused-ring (bicyclic) bond motifs is 4. The molecule has 4 aromatic rings. The molecule has 8 rings (SSSR count). The predicted octanol–water partition coefficient (Wildman–Crippen LogP) is 4.25. The standard InChI is InChI=1S/C35H35F2N5O4S/c1-2-25-29(36)8-3-21-15-24(43)16-28(30(21)25)26-6-7-27-32(31(26)37)39-34(40-33(27)42-17-22-4-5-23(18-42)38-22)46-20-35(9-10-35)19-41-11-13-47(44,45)14-12-41/h1,3,6-8,15-16,22-23,38,43H,4-5,9-14,17-20H2. The number of halogens is 2. The molecule has 0 radical (unpaired) electrons. The van der Waals surface area contributed by atoms with Crippen LogP contribution in [0.15, 0.2) is 36.4 Å². The third-order valence-corrected chi connectivity index (χ3v) is 11.8. The number of sulfone groups is 1. The van der Waals surface area contributed by atoms with Crippen LogP contribution in [-0.2, 0) is 9.84 Å². The highest BCUT2D eigenvalue weighted by Gasteiger charge is 2.46. The van der Waals surface area contributed by atoms with E-state index in [0.717, 1.165) is 45.3 Å². The lowest BCUT2D eigenvalue weighted by atomic mass is 9.93. The van der Waals surface area contributed by atoms with Crippen molar-refractivity contribution in [3.05, 3.63) is 53.6 Å². The van der Waals surface area contributed by atoms with Crippen LogP contribution >= 0.6 is 0 Å². The van der Waals surface area contributed by atoms with Crippen molar-refractivity contribution in [2.45, 2.75) is 37.8 Å². The van der Waals surface area contributed by atoms with Gasteiger partial charge in [-0.1, -0.05) is 18.1 Å². The Bertz CT molecular complexity index is 2050. The molecule has 2 unspecified atom stereocenters. The fourth-order valence-electron chi connectivity index (χ4n) is 7.51. The van der Waals surface area contributed by atoms with Crippen molar-refractivity contribution in [2.24, 2.45) is 5.41 Å². The maximum atomic E-state index is 16.8. The number of nitrogens with zero attached hydrogens (tertiary/aromatic N) is 4. The molecule has 0 amide bonds. The van der Waals surface area contributed by atoms with Gasteiger partial charge in [0.15, 0.2) is 15.7 Å². The van der Waals surface area contributed by atoms with Gasteiger partial charge in [0.1, 0.15) is 22.9 Å². The summed E-state index contributed by atoms with van der Waals surface area (Å²) >= 11 is 0. The summed E-state index contributed by atoms with van der Waals surface area (Å²) in [5.74, 6) is 1.96. The number of rotatable bonds is 7. The number of ether oxygens (including phenoxy) is 1. The maximum absolute atomic E-state index is 16.8. The number of benzene rings is 3. The Morgan fingerprint density at radius 2 is 1.79 bits per heavy atom. The lowest BCUT2D eigenvalue weighted by molar-refractivity contribution is 0.160. The van der Waals surface area contributed by atoms with Gasteiger partial charge in [-0.2, -0.15) is 9.97 Å². The Kier molecular flexibility index (Phi) is 7.27. The summed E-state index contributed by atoms with van der Waals surface area (Å²) in [4.78, 5) is 13.8. The van der Waals surface area contributed by atoms with Crippen molar-refractivity contribution >= 4 is 37.3 Å². The van der Waals surface area contributed by atoms with Crippen LogP contribution in [0.4, 0.5) is 14.6 Å². The van der Waals surface area contributed by atoms with Gasteiger partial charge in [0.2, 0.25) is 0 Å². The van der Waals surface area contributed by atoms with Crippen LogP contribution in [0.25, 0.3) is 32.8 Å².